The Balaban J connectivity index is 2.70. The van der Waals surface area contributed by atoms with E-state index in [2.05, 4.69) is 9.72 Å². The summed E-state index contributed by atoms with van der Waals surface area (Å²) in [7, 11) is 1.36. The van der Waals surface area contributed by atoms with E-state index in [0.717, 1.165) is 12.4 Å². The lowest BCUT2D eigenvalue weighted by molar-refractivity contribution is -0.397. The summed E-state index contributed by atoms with van der Waals surface area (Å²) in [5, 5.41) is 12.5. The molecule has 1 aromatic rings. The first-order valence-electron chi connectivity index (χ1n) is 5.19. The first kappa shape index (κ1) is 15.0. The lowest BCUT2D eigenvalue weighted by Crippen LogP contribution is -2.44. The van der Waals surface area contributed by atoms with Gasteiger partial charge in [0, 0.05) is 13.7 Å². The van der Waals surface area contributed by atoms with Gasteiger partial charge in [-0.2, -0.15) is 8.78 Å². The summed E-state index contributed by atoms with van der Waals surface area (Å²) in [5.74, 6) is -6.05. The predicted octanol–water partition coefficient (Wildman–Crippen LogP) is 0.189. The summed E-state index contributed by atoms with van der Waals surface area (Å²) in [6.07, 6.45) is 2.02. The Kier molecular flexibility index (Phi) is 4.87. The van der Waals surface area contributed by atoms with Crippen molar-refractivity contribution in [2.75, 3.05) is 20.3 Å². The molecule has 19 heavy (non-hydrogen) atoms. The molecule has 10 heteroatoms. The monoisotopic (exact) mass is 278 g/mol. The zero-order valence-corrected chi connectivity index (χ0v) is 10.0. The van der Waals surface area contributed by atoms with Gasteiger partial charge in [0.15, 0.2) is 0 Å². The quantitative estimate of drug-likeness (QED) is 0.436. The van der Waals surface area contributed by atoms with Gasteiger partial charge in [0.05, 0.1) is 6.61 Å². The Bertz CT molecular complexity index is 463. The van der Waals surface area contributed by atoms with Gasteiger partial charge in [-0.05, 0) is 4.92 Å². The maximum Gasteiger partial charge on any atom is 0.434 e. The lowest BCUT2D eigenvalue weighted by Gasteiger charge is -2.14. The van der Waals surface area contributed by atoms with E-state index in [-0.39, 0.29) is 13.2 Å². The largest absolute Gasteiger partial charge is 0.434 e. The van der Waals surface area contributed by atoms with Crippen LogP contribution in [0.2, 0.25) is 0 Å². The van der Waals surface area contributed by atoms with E-state index in [9.17, 15) is 23.7 Å². The Morgan fingerprint density at radius 1 is 1.68 bits per heavy atom. The van der Waals surface area contributed by atoms with Crippen molar-refractivity contribution < 1.29 is 23.2 Å². The zero-order chi connectivity index (χ0) is 14.5. The molecule has 8 nitrogen and oxygen atoms in total. The fourth-order valence-electron chi connectivity index (χ4n) is 1.28. The van der Waals surface area contributed by atoms with Crippen LogP contribution in [0.15, 0.2) is 12.4 Å². The molecule has 0 aliphatic rings. The molecule has 106 valence electrons. The van der Waals surface area contributed by atoms with Gasteiger partial charge < -0.3 is 20.2 Å². The second-order valence-corrected chi connectivity index (χ2v) is 3.57. The summed E-state index contributed by atoms with van der Waals surface area (Å²) in [6, 6.07) is 0. The second-order valence-electron chi connectivity index (χ2n) is 3.57. The van der Waals surface area contributed by atoms with E-state index in [4.69, 9.17) is 0 Å². The number of ether oxygens (including phenoxy) is 1. The Morgan fingerprint density at radius 3 is 2.95 bits per heavy atom. The van der Waals surface area contributed by atoms with Crippen LogP contribution in [0.3, 0.4) is 0 Å². The molecule has 0 aliphatic heterocycles. The highest BCUT2D eigenvalue weighted by Crippen LogP contribution is 2.19. The van der Waals surface area contributed by atoms with Crippen LogP contribution in [0.5, 0.6) is 0 Å². The number of carbonyl (C=O) groups is 1. The maximum atomic E-state index is 13.5. The van der Waals surface area contributed by atoms with E-state index in [0.29, 0.717) is 4.57 Å². The summed E-state index contributed by atoms with van der Waals surface area (Å²) in [6.45, 7) is -1.13. The normalized spacial score (nSPS) is 11.3. The van der Waals surface area contributed by atoms with Crippen molar-refractivity contribution in [3.63, 3.8) is 0 Å². The molecule has 0 saturated heterocycles. The number of nitro groups is 1. The summed E-state index contributed by atoms with van der Waals surface area (Å²) in [4.78, 5) is 24.1. The fraction of sp³-hybridized carbons (Fsp3) is 0.556. The van der Waals surface area contributed by atoms with Gasteiger partial charge in [0.1, 0.15) is 18.9 Å². The van der Waals surface area contributed by atoms with E-state index in [1.807, 2.05) is 5.32 Å². The minimum Gasteiger partial charge on any atom is -0.390 e. The third-order valence-electron chi connectivity index (χ3n) is 2.15. The molecule has 1 aromatic heterocycles. The van der Waals surface area contributed by atoms with Gasteiger partial charge in [-0.1, -0.05) is 4.98 Å². The van der Waals surface area contributed by atoms with E-state index >= 15 is 0 Å². The molecule has 0 aliphatic carbocycles. The average Bonchev–Trinajstić information content (AvgIpc) is 2.76. The molecule has 0 unspecified atom stereocenters. The van der Waals surface area contributed by atoms with Crippen LogP contribution in [0.4, 0.5) is 14.7 Å². The number of hydrogen-bond acceptors (Lipinski definition) is 5. The smallest absolute Gasteiger partial charge is 0.390 e. The number of alkyl halides is 2. The molecule has 0 radical (unpaired) electrons. The molecule has 0 fully saturated rings. The van der Waals surface area contributed by atoms with Crippen LogP contribution in [-0.2, 0) is 16.1 Å². The van der Waals surface area contributed by atoms with Gasteiger partial charge in [-0.25, -0.2) is 4.57 Å². The number of carbonyl (C=O) groups excluding carboxylic acids is 1. The SMILES string of the molecule is COCCNC(=O)C(F)(F)Cn1ccnc1[N+](=O)[O-]. The highest BCUT2D eigenvalue weighted by atomic mass is 19.3. The molecule has 0 saturated carbocycles. The number of imidazole rings is 1. The highest BCUT2D eigenvalue weighted by Gasteiger charge is 2.41. The molecule has 1 amide bonds. The van der Waals surface area contributed by atoms with Crippen molar-refractivity contribution in [1.29, 1.82) is 0 Å². The molecular weight excluding hydrogens is 266 g/mol. The Hall–Kier alpha value is -2.10. The van der Waals surface area contributed by atoms with Gasteiger partial charge >= 0.3 is 11.9 Å². The van der Waals surface area contributed by atoms with Gasteiger partial charge in [-0.15, -0.1) is 0 Å². The fourth-order valence-corrected chi connectivity index (χ4v) is 1.28. The van der Waals surface area contributed by atoms with E-state index < -0.39 is 29.2 Å². The summed E-state index contributed by atoms with van der Waals surface area (Å²) in [5.41, 5.74) is 0. The van der Waals surface area contributed by atoms with Crippen molar-refractivity contribution in [2.45, 2.75) is 12.5 Å². The topological polar surface area (TPSA) is 99.3 Å². The van der Waals surface area contributed by atoms with Crippen molar-refractivity contribution in [1.82, 2.24) is 14.9 Å². The summed E-state index contributed by atoms with van der Waals surface area (Å²) < 4.78 is 32.3. The minimum absolute atomic E-state index is 0.0725. The standard InChI is InChI=1S/C9H12F2N4O4/c1-19-5-3-12-7(16)9(10,11)6-14-4-2-13-8(14)15(17)18/h2,4H,3,5-6H2,1H3,(H,12,16). The first-order chi connectivity index (χ1) is 8.88. The third kappa shape index (κ3) is 3.95. The van der Waals surface area contributed by atoms with E-state index in [1.165, 1.54) is 7.11 Å². The third-order valence-corrected chi connectivity index (χ3v) is 2.15. The van der Waals surface area contributed by atoms with E-state index in [1.54, 1.807) is 0 Å². The van der Waals surface area contributed by atoms with Gasteiger partial charge in [0.2, 0.25) is 0 Å². The van der Waals surface area contributed by atoms with Gasteiger partial charge in [-0.3, -0.25) is 4.79 Å². The van der Waals surface area contributed by atoms with Crippen molar-refractivity contribution >= 4 is 11.9 Å². The van der Waals surface area contributed by atoms with Crippen molar-refractivity contribution in [3.05, 3.63) is 22.5 Å². The minimum atomic E-state index is -3.78. The Morgan fingerprint density at radius 2 is 2.37 bits per heavy atom. The molecule has 1 heterocycles. The van der Waals surface area contributed by atoms with Gasteiger partial charge in [0.25, 0.3) is 5.91 Å². The molecule has 0 aromatic carbocycles. The highest BCUT2D eigenvalue weighted by molar-refractivity contribution is 5.83. The molecule has 0 spiro atoms. The molecular formula is C9H12F2N4O4. The zero-order valence-electron chi connectivity index (χ0n) is 10.0. The van der Waals surface area contributed by atoms with Crippen LogP contribution < -0.4 is 5.32 Å². The number of amides is 1. The maximum absolute atomic E-state index is 13.5. The number of methoxy groups -OCH3 is 1. The van der Waals surface area contributed by atoms with Crippen LogP contribution >= 0.6 is 0 Å². The number of nitrogens with zero attached hydrogens (tertiary/aromatic N) is 3. The molecule has 0 atom stereocenters. The lowest BCUT2D eigenvalue weighted by atomic mass is 10.3. The first-order valence-corrected chi connectivity index (χ1v) is 5.19. The predicted molar refractivity (Wildman–Crippen MR) is 58.7 cm³/mol. The van der Waals surface area contributed by atoms with Crippen molar-refractivity contribution in [3.8, 4) is 0 Å². The Labute approximate surface area is 106 Å². The average molecular weight is 278 g/mol. The molecule has 1 rings (SSSR count). The molecule has 0 bridgehead atoms. The number of hydrogen-bond donors (Lipinski definition) is 1. The second kappa shape index (κ2) is 6.18. The number of aromatic nitrogens is 2. The number of nitrogens with one attached hydrogen (secondary N) is 1. The van der Waals surface area contributed by atoms with Crippen LogP contribution in [0.25, 0.3) is 0 Å². The van der Waals surface area contributed by atoms with Crippen LogP contribution in [-0.4, -0.2) is 46.6 Å². The van der Waals surface area contributed by atoms with Crippen LogP contribution in [0, 0.1) is 10.1 Å². The molecule has 1 N–H and O–H groups in total. The number of halogens is 2. The van der Waals surface area contributed by atoms with Crippen LogP contribution in [0.1, 0.15) is 0 Å². The summed E-state index contributed by atoms with van der Waals surface area (Å²) >= 11 is 0. The number of rotatable bonds is 7. The van der Waals surface area contributed by atoms with Crippen molar-refractivity contribution in [2.24, 2.45) is 0 Å².